The van der Waals surface area contributed by atoms with E-state index in [2.05, 4.69) is 15.9 Å². The van der Waals surface area contributed by atoms with Crippen molar-refractivity contribution in [2.45, 2.75) is 13.3 Å². The molecule has 0 N–H and O–H groups in total. The van der Waals surface area contributed by atoms with Crippen molar-refractivity contribution in [2.24, 2.45) is 0 Å². The van der Waals surface area contributed by atoms with Crippen molar-refractivity contribution >= 4 is 21.7 Å². The average Bonchev–Trinajstić information content (AvgIpc) is 2.31. The van der Waals surface area contributed by atoms with Crippen LogP contribution in [0.3, 0.4) is 0 Å². The largest absolute Gasteiger partial charge is 0.294 e. The van der Waals surface area contributed by atoms with Crippen molar-refractivity contribution in [3.63, 3.8) is 0 Å². The Balaban J connectivity index is 2.22. The maximum Gasteiger partial charge on any atom is 0.167 e. The first-order valence-electron chi connectivity index (χ1n) is 5.70. The van der Waals surface area contributed by atoms with Crippen LogP contribution in [0.1, 0.15) is 21.5 Å². The fourth-order valence-corrected chi connectivity index (χ4v) is 2.15. The van der Waals surface area contributed by atoms with Gasteiger partial charge in [-0.1, -0.05) is 28.1 Å². The van der Waals surface area contributed by atoms with Crippen LogP contribution in [0, 0.1) is 18.6 Å². The number of hydrogen-bond donors (Lipinski definition) is 0. The number of carbonyl (C=O) groups is 1. The summed E-state index contributed by atoms with van der Waals surface area (Å²) in [5.74, 6) is -1.52. The molecular weight excluding hydrogens is 314 g/mol. The molecule has 0 aliphatic rings. The second-order valence-corrected chi connectivity index (χ2v) is 5.20. The summed E-state index contributed by atoms with van der Waals surface area (Å²) in [6.45, 7) is 1.92. The second-order valence-electron chi connectivity index (χ2n) is 4.34. The maximum atomic E-state index is 13.0. The molecule has 2 rings (SSSR count). The summed E-state index contributed by atoms with van der Waals surface area (Å²) in [4.78, 5) is 12.0. The van der Waals surface area contributed by atoms with Crippen LogP contribution in [0.15, 0.2) is 40.9 Å². The zero-order valence-electron chi connectivity index (χ0n) is 10.2. The van der Waals surface area contributed by atoms with Gasteiger partial charge in [-0.2, -0.15) is 0 Å². The molecule has 0 atom stereocenters. The molecule has 0 bridgehead atoms. The van der Waals surface area contributed by atoms with Crippen LogP contribution < -0.4 is 0 Å². The van der Waals surface area contributed by atoms with E-state index in [1.165, 1.54) is 12.1 Å². The summed E-state index contributed by atoms with van der Waals surface area (Å²) in [7, 11) is 0. The SMILES string of the molecule is Cc1ccc(C(=O)Cc2cc(F)cc(F)c2)cc1Br. The molecule has 0 aliphatic carbocycles. The normalized spacial score (nSPS) is 10.5. The van der Waals surface area contributed by atoms with Crippen LogP contribution in [0.2, 0.25) is 0 Å². The predicted octanol–water partition coefficient (Wildman–Crippen LogP) is 4.46. The molecule has 98 valence electrons. The number of benzene rings is 2. The smallest absolute Gasteiger partial charge is 0.167 e. The number of carbonyl (C=O) groups excluding carboxylic acids is 1. The summed E-state index contributed by atoms with van der Waals surface area (Å²) < 4.78 is 26.9. The molecule has 0 fully saturated rings. The molecule has 4 heteroatoms. The Morgan fingerprint density at radius 2 is 1.74 bits per heavy atom. The quantitative estimate of drug-likeness (QED) is 0.762. The van der Waals surface area contributed by atoms with Gasteiger partial charge in [0.25, 0.3) is 0 Å². The molecule has 0 saturated carbocycles. The number of halogens is 3. The first-order valence-corrected chi connectivity index (χ1v) is 6.49. The molecular formula is C15H11BrF2O. The van der Waals surface area contributed by atoms with E-state index in [0.717, 1.165) is 16.1 Å². The van der Waals surface area contributed by atoms with Gasteiger partial charge >= 0.3 is 0 Å². The van der Waals surface area contributed by atoms with E-state index >= 15 is 0 Å². The molecule has 19 heavy (non-hydrogen) atoms. The maximum absolute atomic E-state index is 13.0. The third kappa shape index (κ3) is 3.47. The minimum atomic E-state index is -0.673. The highest BCUT2D eigenvalue weighted by molar-refractivity contribution is 9.10. The van der Waals surface area contributed by atoms with E-state index in [1.54, 1.807) is 12.1 Å². The zero-order chi connectivity index (χ0) is 14.0. The average molecular weight is 325 g/mol. The van der Waals surface area contributed by atoms with E-state index in [1.807, 2.05) is 13.0 Å². The summed E-state index contributed by atoms with van der Waals surface area (Å²) >= 11 is 3.35. The molecule has 0 unspecified atom stereocenters. The number of ketones is 1. The summed E-state index contributed by atoms with van der Waals surface area (Å²) in [6, 6.07) is 8.37. The lowest BCUT2D eigenvalue weighted by Crippen LogP contribution is -2.04. The van der Waals surface area contributed by atoms with E-state index < -0.39 is 11.6 Å². The number of aryl methyl sites for hydroxylation is 1. The fraction of sp³-hybridized carbons (Fsp3) is 0.133. The van der Waals surface area contributed by atoms with Gasteiger partial charge in [0.2, 0.25) is 0 Å². The third-order valence-electron chi connectivity index (χ3n) is 2.78. The van der Waals surface area contributed by atoms with Gasteiger partial charge in [0.05, 0.1) is 0 Å². The van der Waals surface area contributed by atoms with Gasteiger partial charge in [0, 0.05) is 22.5 Å². The van der Waals surface area contributed by atoms with E-state index in [0.29, 0.717) is 11.1 Å². The minimum Gasteiger partial charge on any atom is -0.294 e. The van der Waals surface area contributed by atoms with Gasteiger partial charge in [-0.25, -0.2) is 8.78 Å². The number of rotatable bonds is 3. The molecule has 0 radical (unpaired) electrons. The Kier molecular flexibility index (Phi) is 4.10. The lowest BCUT2D eigenvalue weighted by atomic mass is 10.0. The van der Waals surface area contributed by atoms with Crippen molar-refractivity contribution in [1.82, 2.24) is 0 Å². The van der Waals surface area contributed by atoms with Crippen LogP contribution in [0.5, 0.6) is 0 Å². The zero-order valence-corrected chi connectivity index (χ0v) is 11.8. The van der Waals surface area contributed by atoms with Crippen molar-refractivity contribution < 1.29 is 13.6 Å². The van der Waals surface area contributed by atoms with Gasteiger partial charge in [0.15, 0.2) is 5.78 Å². The Morgan fingerprint density at radius 1 is 1.11 bits per heavy atom. The van der Waals surface area contributed by atoms with Crippen LogP contribution in [-0.4, -0.2) is 5.78 Å². The molecule has 0 aromatic heterocycles. The van der Waals surface area contributed by atoms with Crippen LogP contribution in [0.25, 0.3) is 0 Å². The monoisotopic (exact) mass is 324 g/mol. The summed E-state index contributed by atoms with van der Waals surface area (Å²) in [5.41, 5.74) is 1.87. The second kappa shape index (κ2) is 5.61. The van der Waals surface area contributed by atoms with Crippen molar-refractivity contribution in [3.05, 3.63) is 69.2 Å². The highest BCUT2D eigenvalue weighted by atomic mass is 79.9. The number of Topliss-reactive ketones (excluding diaryl/α,β-unsaturated/α-hetero) is 1. The molecule has 0 amide bonds. The van der Waals surface area contributed by atoms with Gasteiger partial charge in [0.1, 0.15) is 11.6 Å². The first kappa shape index (κ1) is 13.9. The fourth-order valence-electron chi connectivity index (χ4n) is 1.77. The summed E-state index contributed by atoms with van der Waals surface area (Å²) in [6.07, 6.45) is -0.0236. The van der Waals surface area contributed by atoms with Crippen molar-refractivity contribution in [2.75, 3.05) is 0 Å². The topological polar surface area (TPSA) is 17.1 Å². The minimum absolute atomic E-state index is 0.0236. The molecule has 0 aliphatic heterocycles. The first-order chi connectivity index (χ1) is 8.95. The molecule has 1 nitrogen and oxygen atoms in total. The Labute approximate surface area is 118 Å². The van der Waals surface area contributed by atoms with Crippen molar-refractivity contribution in [1.29, 1.82) is 0 Å². The molecule has 2 aromatic rings. The van der Waals surface area contributed by atoms with Crippen molar-refractivity contribution in [3.8, 4) is 0 Å². The van der Waals surface area contributed by atoms with Crippen LogP contribution >= 0.6 is 15.9 Å². The Morgan fingerprint density at radius 3 is 2.32 bits per heavy atom. The highest BCUT2D eigenvalue weighted by Gasteiger charge is 2.10. The van der Waals surface area contributed by atoms with Gasteiger partial charge < -0.3 is 0 Å². The molecule has 0 heterocycles. The molecule has 2 aromatic carbocycles. The standard InChI is InChI=1S/C15H11BrF2O/c1-9-2-3-11(7-14(9)16)15(19)6-10-4-12(17)8-13(18)5-10/h2-5,7-8H,6H2,1H3. The van der Waals surface area contributed by atoms with Gasteiger partial charge in [-0.05, 0) is 36.2 Å². The lowest BCUT2D eigenvalue weighted by molar-refractivity contribution is 0.0993. The highest BCUT2D eigenvalue weighted by Crippen LogP contribution is 2.19. The Hall–Kier alpha value is -1.55. The summed E-state index contributed by atoms with van der Waals surface area (Å²) in [5, 5.41) is 0. The third-order valence-corrected chi connectivity index (χ3v) is 3.64. The molecule has 0 spiro atoms. The Bertz CT molecular complexity index is 618. The lowest BCUT2D eigenvalue weighted by Gasteiger charge is -2.04. The van der Waals surface area contributed by atoms with Crippen LogP contribution in [-0.2, 0) is 6.42 Å². The van der Waals surface area contributed by atoms with Crippen LogP contribution in [0.4, 0.5) is 8.78 Å². The van der Waals surface area contributed by atoms with Gasteiger partial charge in [-0.3, -0.25) is 4.79 Å². The molecule has 0 saturated heterocycles. The van der Waals surface area contributed by atoms with Gasteiger partial charge in [-0.15, -0.1) is 0 Å². The van der Waals surface area contributed by atoms with E-state index in [4.69, 9.17) is 0 Å². The number of hydrogen-bond acceptors (Lipinski definition) is 1. The predicted molar refractivity (Wildman–Crippen MR) is 73.3 cm³/mol. The van der Waals surface area contributed by atoms with E-state index in [-0.39, 0.29) is 12.2 Å². The van der Waals surface area contributed by atoms with E-state index in [9.17, 15) is 13.6 Å².